The monoisotopic (exact) mass is 489 g/mol. The maximum absolute atomic E-state index is 13.2. The zero-order chi connectivity index (χ0) is 25.0. The van der Waals surface area contributed by atoms with Crippen LogP contribution in [-0.2, 0) is 4.79 Å². The largest absolute Gasteiger partial charge is 0.496 e. The second-order valence-electron chi connectivity index (χ2n) is 8.00. The Kier molecular flexibility index (Phi) is 8.19. The number of rotatable bonds is 5. The van der Waals surface area contributed by atoms with Crippen LogP contribution >= 0.6 is 11.6 Å². The number of aliphatic hydroxyl groups excluding tert-OH is 1. The average Bonchev–Trinajstić information content (AvgIpc) is 3.17. The number of benzene rings is 2. The molecular formula is C25H28ClNO7. The number of carboxylic acids is 1. The maximum atomic E-state index is 13.2. The number of ether oxygens (including phenoxy) is 2. The molecule has 0 saturated carbocycles. The van der Waals surface area contributed by atoms with Crippen LogP contribution in [0.3, 0.4) is 0 Å². The molecule has 0 radical (unpaired) electrons. The van der Waals surface area contributed by atoms with Crippen LogP contribution in [0.25, 0.3) is 22.3 Å². The normalized spacial score (nSPS) is 17.8. The summed E-state index contributed by atoms with van der Waals surface area (Å²) in [6.07, 6.45) is 0.805. The van der Waals surface area contributed by atoms with Crippen molar-refractivity contribution < 1.29 is 28.9 Å². The number of nitrogens with zero attached hydrogens (tertiary/aromatic N) is 1. The Balaban J connectivity index is 0.000000751. The predicted molar refractivity (Wildman–Crippen MR) is 130 cm³/mol. The van der Waals surface area contributed by atoms with Gasteiger partial charge in [0.05, 0.1) is 25.8 Å². The van der Waals surface area contributed by atoms with Gasteiger partial charge in [-0.05, 0) is 32.1 Å². The number of hydrogen-bond donors (Lipinski definition) is 2. The van der Waals surface area contributed by atoms with Crippen LogP contribution in [0, 0.1) is 0 Å². The molecule has 0 aliphatic carbocycles. The summed E-state index contributed by atoms with van der Waals surface area (Å²) in [4.78, 5) is 24.3. The van der Waals surface area contributed by atoms with Crippen LogP contribution in [0.4, 0.5) is 0 Å². The number of carboxylic acid groups (broad SMARTS) is 1. The Hall–Kier alpha value is -3.07. The van der Waals surface area contributed by atoms with Crippen molar-refractivity contribution in [2.45, 2.75) is 25.3 Å². The van der Waals surface area contributed by atoms with Crippen LogP contribution < -0.4 is 14.9 Å². The number of likely N-dealkylation sites (N-methyl/N-ethyl adjacent to an activating group) is 1. The second-order valence-corrected chi connectivity index (χ2v) is 8.41. The Morgan fingerprint density at radius 3 is 2.44 bits per heavy atom. The van der Waals surface area contributed by atoms with Gasteiger partial charge in [0.15, 0.2) is 5.43 Å². The molecule has 34 heavy (non-hydrogen) atoms. The van der Waals surface area contributed by atoms with E-state index in [2.05, 4.69) is 4.90 Å². The molecule has 4 rings (SSSR count). The number of halogens is 1. The summed E-state index contributed by atoms with van der Waals surface area (Å²) in [6, 6.07) is 10.3. The average molecular weight is 490 g/mol. The van der Waals surface area contributed by atoms with Crippen molar-refractivity contribution in [3.63, 3.8) is 0 Å². The first-order valence-electron chi connectivity index (χ1n) is 10.7. The highest BCUT2D eigenvalue weighted by Crippen LogP contribution is 2.45. The minimum Gasteiger partial charge on any atom is -0.496 e. The van der Waals surface area contributed by atoms with Gasteiger partial charge in [-0.15, -0.1) is 0 Å². The fourth-order valence-electron chi connectivity index (χ4n) is 4.38. The summed E-state index contributed by atoms with van der Waals surface area (Å²) in [5.41, 5.74) is 1.59. The molecule has 1 aliphatic rings. The molecule has 182 valence electrons. The topological polar surface area (TPSA) is 109 Å². The smallest absolute Gasteiger partial charge is 0.300 e. The van der Waals surface area contributed by atoms with E-state index < -0.39 is 5.97 Å². The van der Waals surface area contributed by atoms with E-state index in [4.69, 9.17) is 35.4 Å². The Bertz CT molecular complexity index is 1240. The molecule has 2 N–H and O–H groups in total. The molecule has 8 nitrogen and oxygen atoms in total. The van der Waals surface area contributed by atoms with Gasteiger partial charge in [0.2, 0.25) is 0 Å². The van der Waals surface area contributed by atoms with Crippen LogP contribution in [0.1, 0.15) is 24.8 Å². The molecule has 0 spiro atoms. The standard InChI is InChI=1S/C23H24ClNO5.C2H4O2/c1-25-9-8-14(16(25)12-26)21-19(28-2)11-20(29-3)22-17(27)10-18(30-23(21)22)13-6-4-5-7-15(13)24;1-2(3)4/h4-7,10-11,14,16,26H,8-9,12H2,1-3H3;1H3,(H,3,4)/t14-,16+;/m1./s1. The van der Waals surface area contributed by atoms with E-state index in [0.29, 0.717) is 38.8 Å². The van der Waals surface area contributed by atoms with Crippen LogP contribution in [0.5, 0.6) is 11.5 Å². The highest BCUT2D eigenvalue weighted by Gasteiger charge is 2.37. The van der Waals surface area contributed by atoms with Gasteiger partial charge in [-0.3, -0.25) is 9.59 Å². The summed E-state index contributed by atoms with van der Waals surface area (Å²) in [5.74, 6) is 0.434. The summed E-state index contributed by atoms with van der Waals surface area (Å²) < 4.78 is 17.5. The number of likely N-dealkylation sites (tertiary alicyclic amines) is 1. The number of aliphatic carboxylic acids is 1. The van der Waals surface area contributed by atoms with E-state index in [1.807, 2.05) is 25.2 Å². The van der Waals surface area contributed by atoms with E-state index in [1.54, 1.807) is 19.2 Å². The molecule has 1 aliphatic heterocycles. The maximum Gasteiger partial charge on any atom is 0.300 e. The van der Waals surface area contributed by atoms with Crippen molar-refractivity contribution in [1.29, 1.82) is 0 Å². The van der Waals surface area contributed by atoms with E-state index in [1.165, 1.54) is 13.2 Å². The Morgan fingerprint density at radius 2 is 1.85 bits per heavy atom. The lowest BCUT2D eigenvalue weighted by molar-refractivity contribution is -0.134. The molecule has 0 bridgehead atoms. The molecule has 2 atom stereocenters. The molecule has 2 heterocycles. The van der Waals surface area contributed by atoms with Crippen molar-refractivity contribution in [3.05, 3.63) is 57.2 Å². The lowest BCUT2D eigenvalue weighted by Crippen LogP contribution is -2.32. The molecule has 1 saturated heterocycles. The van der Waals surface area contributed by atoms with E-state index >= 15 is 0 Å². The van der Waals surface area contributed by atoms with Crippen LogP contribution in [0.2, 0.25) is 5.02 Å². The Labute approximate surface area is 202 Å². The molecule has 1 aromatic heterocycles. The number of fused-ring (bicyclic) bond motifs is 1. The van der Waals surface area contributed by atoms with Gasteiger partial charge in [0, 0.05) is 42.1 Å². The predicted octanol–water partition coefficient (Wildman–Crippen LogP) is 4.00. The lowest BCUT2D eigenvalue weighted by Gasteiger charge is -2.25. The van der Waals surface area contributed by atoms with Crippen molar-refractivity contribution >= 4 is 28.5 Å². The first-order valence-corrected chi connectivity index (χ1v) is 11.1. The SMILES string of the molecule is CC(=O)O.COc1cc(OC)c2c(=O)cc(-c3ccccc3Cl)oc2c1[C@@H]1CCN(C)[C@H]1CO. The fourth-order valence-corrected chi connectivity index (χ4v) is 4.61. The minimum absolute atomic E-state index is 0.00766. The summed E-state index contributed by atoms with van der Waals surface area (Å²) in [7, 11) is 5.06. The van der Waals surface area contributed by atoms with Gasteiger partial charge < -0.3 is 29.0 Å². The first-order chi connectivity index (χ1) is 16.2. The van der Waals surface area contributed by atoms with Gasteiger partial charge in [-0.2, -0.15) is 0 Å². The number of carbonyl (C=O) groups is 1. The third kappa shape index (κ3) is 5.04. The lowest BCUT2D eigenvalue weighted by atomic mass is 9.89. The molecule has 0 amide bonds. The van der Waals surface area contributed by atoms with Crippen molar-refractivity contribution in [3.8, 4) is 22.8 Å². The summed E-state index contributed by atoms with van der Waals surface area (Å²) >= 11 is 6.36. The third-order valence-electron chi connectivity index (χ3n) is 5.93. The fraction of sp³-hybridized carbons (Fsp3) is 0.360. The first kappa shape index (κ1) is 25.6. The summed E-state index contributed by atoms with van der Waals surface area (Å²) in [5, 5.41) is 18.3. The van der Waals surface area contributed by atoms with Crippen LogP contribution in [0.15, 0.2) is 45.6 Å². The Morgan fingerprint density at radius 1 is 1.21 bits per heavy atom. The molecule has 1 fully saturated rings. The molecule has 2 aromatic carbocycles. The van der Waals surface area contributed by atoms with Crippen LogP contribution in [-0.4, -0.2) is 61.5 Å². The third-order valence-corrected chi connectivity index (χ3v) is 6.26. The molecule has 0 unspecified atom stereocenters. The molecular weight excluding hydrogens is 462 g/mol. The zero-order valence-corrected chi connectivity index (χ0v) is 20.3. The molecule has 9 heteroatoms. The van der Waals surface area contributed by atoms with Gasteiger partial charge in [0.25, 0.3) is 5.97 Å². The quantitative estimate of drug-likeness (QED) is 0.553. The van der Waals surface area contributed by atoms with Gasteiger partial charge in [-0.25, -0.2) is 0 Å². The van der Waals surface area contributed by atoms with Gasteiger partial charge >= 0.3 is 0 Å². The minimum atomic E-state index is -0.833. The van der Waals surface area contributed by atoms with E-state index in [0.717, 1.165) is 25.5 Å². The van der Waals surface area contributed by atoms with Crippen molar-refractivity contribution in [1.82, 2.24) is 4.90 Å². The van der Waals surface area contributed by atoms with Crippen molar-refractivity contribution in [2.24, 2.45) is 0 Å². The zero-order valence-electron chi connectivity index (χ0n) is 19.5. The summed E-state index contributed by atoms with van der Waals surface area (Å²) in [6.45, 7) is 1.90. The van der Waals surface area contributed by atoms with Gasteiger partial charge in [0.1, 0.15) is 28.2 Å². The van der Waals surface area contributed by atoms with E-state index in [-0.39, 0.29) is 24.0 Å². The molecule has 3 aromatic rings. The number of aliphatic hydroxyl groups is 1. The number of methoxy groups -OCH3 is 2. The van der Waals surface area contributed by atoms with Gasteiger partial charge in [-0.1, -0.05) is 23.7 Å². The van der Waals surface area contributed by atoms with E-state index in [9.17, 15) is 9.90 Å². The highest BCUT2D eigenvalue weighted by atomic mass is 35.5. The highest BCUT2D eigenvalue weighted by molar-refractivity contribution is 6.33. The second kappa shape index (κ2) is 10.9. The van der Waals surface area contributed by atoms with Crippen molar-refractivity contribution in [2.75, 3.05) is 34.4 Å². The number of hydrogen-bond acceptors (Lipinski definition) is 7.